The van der Waals surface area contributed by atoms with Crippen molar-refractivity contribution in [2.75, 3.05) is 4.90 Å². The first-order chi connectivity index (χ1) is 11.7. The van der Waals surface area contributed by atoms with Crippen molar-refractivity contribution in [2.45, 2.75) is 57.9 Å². The maximum Gasteiger partial charge on any atom is 0.229 e. The van der Waals surface area contributed by atoms with Gasteiger partial charge < -0.3 is 0 Å². The number of halogens is 1. The predicted molar refractivity (Wildman–Crippen MR) is 99.6 cm³/mol. The lowest BCUT2D eigenvalue weighted by Gasteiger charge is -2.26. The monoisotopic (exact) mass is 363 g/mol. The number of hydrogen-bond donors (Lipinski definition) is 0. The average Bonchev–Trinajstić information content (AvgIpc) is 3.26. The van der Waals surface area contributed by atoms with Crippen LogP contribution in [0.4, 0.5) is 5.13 Å². The summed E-state index contributed by atoms with van der Waals surface area (Å²) in [6, 6.07) is 7.84. The first-order valence-corrected chi connectivity index (χ1v) is 9.80. The molecule has 128 valence electrons. The van der Waals surface area contributed by atoms with Gasteiger partial charge in [-0.1, -0.05) is 61.3 Å². The van der Waals surface area contributed by atoms with E-state index in [1.165, 1.54) is 24.2 Å². The molecule has 1 heterocycles. The van der Waals surface area contributed by atoms with Crippen LogP contribution in [-0.2, 0) is 4.79 Å². The largest absolute Gasteiger partial charge is 0.284 e. The fourth-order valence-corrected chi connectivity index (χ4v) is 4.16. The minimum Gasteiger partial charge on any atom is -0.284 e. The normalized spacial score (nSPS) is 14.9. The molecule has 6 heteroatoms. The Labute approximate surface area is 151 Å². The van der Waals surface area contributed by atoms with Crippen molar-refractivity contribution in [3.63, 3.8) is 0 Å². The quantitative estimate of drug-likeness (QED) is 0.697. The van der Waals surface area contributed by atoms with E-state index >= 15 is 0 Å². The number of benzene rings is 1. The van der Waals surface area contributed by atoms with Crippen LogP contribution in [0.2, 0.25) is 5.02 Å². The van der Waals surface area contributed by atoms with E-state index in [-0.39, 0.29) is 11.9 Å². The van der Waals surface area contributed by atoms with Gasteiger partial charge in [-0.25, -0.2) is 0 Å². The lowest BCUT2D eigenvalue weighted by molar-refractivity contribution is -0.119. The molecule has 0 N–H and O–H groups in total. The van der Waals surface area contributed by atoms with E-state index in [0.29, 0.717) is 11.4 Å². The van der Waals surface area contributed by atoms with Gasteiger partial charge in [0.25, 0.3) is 0 Å². The van der Waals surface area contributed by atoms with E-state index in [1.54, 1.807) is 0 Å². The van der Waals surface area contributed by atoms with Crippen LogP contribution >= 0.6 is 22.9 Å². The maximum absolute atomic E-state index is 12.7. The number of unbranched alkanes of at least 4 members (excludes halogenated alkanes) is 1. The number of nitrogens with zero attached hydrogens (tertiary/aromatic N) is 3. The molecule has 24 heavy (non-hydrogen) atoms. The topological polar surface area (TPSA) is 46.1 Å². The van der Waals surface area contributed by atoms with Gasteiger partial charge in [-0.05, 0) is 31.4 Å². The summed E-state index contributed by atoms with van der Waals surface area (Å²) in [5, 5.41) is 10.9. The molecule has 1 saturated carbocycles. The van der Waals surface area contributed by atoms with Crippen LogP contribution in [0.1, 0.15) is 51.9 Å². The molecule has 0 aliphatic heterocycles. The van der Waals surface area contributed by atoms with Gasteiger partial charge in [0.1, 0.15) is 5.01 Å². The van der Waals surface area contributed by atoms with E-state index in [0.717, 1.165) is 41.4 Å². The van der Waals surface area contributed by atoms with Crippen molar-refractivity contribution in [1.82, 2.24) is 10.2 Å². The highest BCUT2D eigenvalue weighted by Gasteiger charge is 2.30. The summed E-state index contributed by atoms with van der Waals surface area (Å²) in [6.45, 7) is 2.11. The third-order valence-corrected chi connectivity index (χ3v) is 5.64. The Hall–Kier alpha value is -1.46. The molecule has 3 rings (SSSR count). The van der Waals surface area contributed by atoms with Gasteiger partial charge >= 0.3 is 0 Å². The van der Waals surface area contributed by atoms with Gasteiger partial charge in [0.15, 0.2) is 0 Å². The molecule has 4 nitrogen and oxygen atoms in total. The second kappa shape index (κ2) is 8.08. The lowest BCUT2D eigenvalue weighted by atomic mass is 10.2. The van der Waals surface area contributed by atoms with Crippen LogP contribution < -0.4 is 4.90 Å². The zero-order valence-corrected chi connectivity index (χ0v) is 15.4. The molecule has 1 aromatic carbocycles. The number of hydrogen-bond acceptors (Lipinski definition) is 4. The third kappa shape index (κ3) is 3.95. The standard InChI is InChI=1S/C18H22ClN3OS/c1-2-3-8-16(23)22(15-6-4-5-7-15)18-21-20-17(24-18)13-9-11-14(19)12-10-13/h9-12,15H,2-8H2,1H3. The van der Waals surface area contributed by atoms with Crippen LogP contribution in [0.5, 0.6) is 0 Å². The summed E-state index contributed by atoms with van der Waals surface area (Å²) in [4.78, 5) is 14.6. The number of anilines is 1. The summed E-state index contributed by atoms with van der Waals surface area (Å²) in [7, 11) is 0. The summed E-state index contributed by atoms with van der Waals surface area (Å²) in [5.41, 5.74) is 0.982. The van der Waals surface area contributed by atoms with Crippen LogP contribution in [0.25, 0.3) is 10.6 Å². The average molecular weight is 364 g/mol. The molecule has 1 aromatic heterocycles. The minimum atomic E-state index is 0.183. The van der Waals surface area contributed by atoms with Gasteiger partial charge in [-0.3, -0.25) is 9.69 Å². The van der Waals surface area contributed by atoms with Gasteiger partial charge in [0.05, 0.1) is 0 Å². The van der Waals surface area contributed by atoms with Crippen LogP contribution in [0.15, 0.2) is 24.3 Å². The molecular formula is C18H22ClN3OS. The first kappa shape index (κ1) is 17.4. The maximum atomic E-state index is 12.7. The zero-order valence-electron chi connectivity index (χ0n) is 13.9. The van der Waals surface area contributed by atoms with Gasteiger partial charge in [0.2, 0.25) is 11.0 Å². The SMILES string of the molecule is CCCCC(=O)N(c1nnc(-c2ccc(Cl)cc2)s1)C1CCCC1. The number of amides is 1. The predicted octanol–water partition coefficient (Wildman–Crippen LogP) is 5.32. The highest BCUT2D eigenvalue weighted by molar-refractivity contribution is 7.18. The van der Waals surface area contributed by atoms with Crippen molar-refractivity contribution in [1.29, 1.82) is 0 Å². The van der Waals surface area contributed by atoms with Crippen molar-refractivity contribution >= 4 is 34.0 Å². The molecule has 0 radical (unpaired) electrons. The van der Waals surface area contributed by atoms with Crippen molar-refractivity contribution in [3.05, 3.63) is 29.3 Å². The second-order valence-electron chi connectivity index (χ2n) is 6.20. The van der Waals surface area contributed by atoms with Gasteiger partial charge in [0, 0.05) is 23.0 Å². The summed E-state index contributed by atoms with van der Waals surface area (Å²) in [6.07, 6.45) is 7.03. The van der Waals surface area contributed by atoms with Crippen LogP contribution in [-0.4, -0.2) is 22.1 Å². The number of aromatic nitrogens is 2. The fraction of sp³-hybridized carbons (Fsp3) is 0.500. The van der Waals surface area contributed by atoms with Crippen molar-refractivity contribution in [3.8, 4) is 10.6 Å². The fourth-order valence-electron chi connectivity index (χ4n) is 3.10. The highest BCUT2D eigenvalue weighted by Crippen LogP contribution is 2.34. The molecule has 1 fully saturated rings. The van der Waals surface area contributed by atoms with Crippen LogP contribution in [0.3, 0.4) is 0 Å². The highest BCUT2D eigenvalue weighted by atomic mass is 35.5. The Balaban J connectivity index is 1.84. The van der Waals surface area contributed by atoms with E-state index in [4.69, 9.17) is 11.6 Å². The molecule has 0 unspecified atom stereocenters. The molecule has 0 spiro atoms. The second-order valence-corrected chi connectivity index (χ2v) is 7.59. The Morgan fingerprint density at radius 1 is 1.25 bits per heavy atom. The van der Waals surface area contributed by atoms with Crippen molar-refractivity contribution in [2.24, 2.45) is 0 Å². The summed E-state index contributed by atoms with van der Waals surface area (Å²) in [5.74, 6) is 0.183. The van der Waals surface area contributed by atoms with E-state index < -0.39 is 0 Å². The Morgan fingerprint density at radius 3 is 2.62 bits per heavy atom. The first-order valence-electron chi connectivity index (χ1n) is 8.60. The molecule has 0 bridgehead atoms. The molecule has 0 saturated heterocycles. The molecular weight excluding hydrogens is 342 g/mol. The van der Waals surface area contributed by atoms with E-state index in [9.17, 15) is 4.79 Å². The zero-order chi connectivity index (χ0) is 16.9. The number of carbonyl (C=O) groups is 1. The lowest BCUT2D eigenvalue weighted by Crippen LogP contribution is -2.38. The van der Waals surface area contributed by atoms with Crippen LogP contribution in [0, 0.1) is 0 Å². The van der Waals surface area contributed by atoms with E-state index in [1.807, 2.05) is 29.2 Å². The Morgan fingerprint density at radius 2 is 1.96 bits per heavy atom. The number of rotatable bonds is 6. The minimum absolute atomic E-state index is 0.183. The smallest absolute Gasteiger partial charge is 0.229 e. The molecule has 1 amide bonds. The summed E-state index contributed by atoms with van der Waals surface area (Å²) < 4.78 is 0. The van der Waals surface area contributed by atoms with Gasteiger partial charge in [-0.2, -0.15) is 0 Å². The molecule has 2 aromatic rings. The summed E-state index contributed by atoms with van der Waals surface area (Å²) >= 11 is 7.43. The molecule has 1 aliphatic carbocycles. The third-order valence-electron chi connectivity index (χ3n) is 4.41. The van der Waals surface area contributed by atoms with Crippen molar-refractivity contribution < 1.29 is 4.79 Å². The van der Waals surface area contributed by atoms with Gasteiger partial charge in [-0.15, -0.1) is 10.2 Å². The Kier molecular flexibility index (Phi) is 5.85. The molecule has 0 atom stereocenters. The molecule has 1 aliphatic rings. The Bertz CT molecular complexity index is 680. The van der Waals surface area contributed by atoms with E-state index in [2.05, 4.69) is 17.1 Å². The number of carbonyl (C=O) groups excluding carboxylic acids is 1.